The maximum absolute atomic E-state index is 12.8. The van der Waals surface area contributed by atoms with E-state index in [4.69, 9.17) is 16.3 Å². The molecule has 156 valence electrons. The number of sulfonamides is 1. The lowest BCUT2D eigenvalue weighted by Crippen LogP contribution is -2.45. The number of amides is 1. The summed E-state index contributed by atoms with van der Waals surface area (Å²) in [4.78, 5) is 12.7. The molecule has 28 heavy (non-hydrogen) atoms. The van der Waals surface area contributed by atoms with Gasteiger partial charge in [-0.05, 0) is 56.4 Å². The molecule has 3 rings (SSSR count). The van der Waals surface area contributed by atoms with E-state index in [2.05, 4.69) is 5.32 Å². The number of benzene rings is 1. The highest BCUT2D eigenvalue weighted by atomic mass is 35.5. The Morgan fingerprint density at radius 1 is 1.14 bits per heavy atom. The van der Waals surface area contributed by atoms with E-state index in [1.807, 2.05) is 0 Å². The maximum atomic E-state index is 12.8. The van der Waals surface area contributed by atoms with Crippen LogP contribution in [0.1, 0.15) is 44.9 Å². The normalized spacial score (nSPS) is 21.7. The van der Waals surface area contributed by atoms with Crippen LogP contribution in [0.2, 0.25) is 5.02 Å². The zero-order valence-corrected chi connectivity index (χ0v) is 17.7. The van der Waals surface area contributed by atoms with E-state index in [9.17, 15) is 13.2 Å². The number of nitrogens with one attached hydrogen (secondary N) is 1. The molecule has 1 aromatic carbocycles. The van der Waals surface area contributed by atoms with Crippen LogP contribution in [0.5, 0.6) is 0 Å². The molecule has 2 fully saturated rings. The van der Waals surface area contributed by atoms with E-state index in [1.54, 1.807) is 12.1 Å². The first kappa shape index (κ1) is 21.6. The van der Waals surface area contributed by atoms with Crippen LogP contribution >= 0.6 is 11.6 Å². The summed E-state index contributed by atoms with van der Waals surface area (Å²) in [5, 5.41) is 3.43. The van der Waals surface area contributed by atoms with Crippen LogP contribution in [0.25, 0.3) is 0 Å². The summed E-state index contributed by atoms with van der Waals surface area (Å²) in [5.41, 5.74) is 0. The van der Waals surface area contributed by atoms with Gasteiger partial charge in [0.05, 0.1) is 16.9 Å². The number of carbonyl (C=O) groups is 1. The number of halogens is 1. The fraction of sp³-hybridized carbons (Fsp3) is 0.650. The lowest BCUT2D eigenvalue weighted by Gasteiger charge is -2.31. The third-order valence-corrected chi connectivity index (χ3v) is 7.61. The summed E-state index contributed by atoms with van der Waals surface area (Å²) in [6.45, 7) is 1.87. The van der Waals surface area contributed by atoms with Gasteiger partial charge in [-0.25, -0.2) is 8.42 Å². The SMILES string of the molecule is O=C(NCCCOC1CCCC1)[C@H]1CCCN(S(=O)(=O)c2ccc(Cl)cc2)C1. The second kappa shape index (κ2) is 10.1. The first-order valence-corrected chi connectivity index (χ1v) is 11.9. The molecule has 1 saturated heterocycles. The number of piperidine rings is 1. The Labute approximate surface area is 172 Å². The van der Waals surface area contributed by atoms with Crippen LogP contribution in [0, 0.1) is 5.92 Å². The quantitative estimate of drug-likeness (QED) is 0.645. The van der Waals surface area contributed by atoms with Crippen LogP contribution < -0.4 is 5.32 Å². The van der Waals surface area contributed by atoms with E-state index in [1.165, 1.54) is 29.3 Å². The Balaban J connectivity index is 1.45. The summed E-state index contributed by atoms with van der Waals surface area (Å²) in [6.07, 6.45) is 7.34. The minimum atomic E-state index is -3.61. The molecule has 1 aliphatic heterocycles. The average Bonchev–Trinajstić information content (AvgIpc) is 3.21. The van der Waals surface area contributed by atoms with Gasteiger partial charge in [-0.2, -0.15) is 4.31 Å². The Kier molecular flexibility index (Phi) is 7.74. The molecule has 1 saturated carbocycles. The fourth-order valence-corrected chi connectivity index (χ4v) is 5.51. The van der Waals surface area contributed by atoms with Crippen LogP contribution in [-0.4, -0.2) is 51.0 Å². The van der Waals surface area contributed by atoms with Crippen LogP contribution in [0.15, 0.2) is 29.2 Å². The minimum Gasteiger partial charge on any atom is -0.378 e. The van der Waals surface area contributed by atoms with Gasteiger partial charge < -0.3 is 10.1 Å². The third kappa shape index (κ3) is 5.69. The first-order chi connectivity index (χ1) is 13.5. The predicted molar refractivity (Wildman–Crippen MR) is 109 cm³/mol. The van der Waals surface area contributed by atoms with Crippen LogP contribution in [0.4, 0.5) is 0 Å². The third-order valence-electron chi connectivity index (χ3n) is 5.48. The van der Waals surface area contributed by atoms with Crippen LogP contribution in [-0.2, 0) is 19.6 Å². The maximum Gasteiger partial charge on any atom is 0.243 e. The van der Waals surface area contributed by atoms with Crippen molar-refractivity contribution < 1.29 is 17.9 Å². The summed E-state index contributed by atoms with van der Waals surface area (Å²) < 4.78 is 32.9. The molecule has 1 aromatic rings. The van der Waals surface area contributed by atoms with Gasteiger partial charge in [-0.1, -0.05) is 24.4 Å². The standard InChI is InChI=1S/C20H29ClN2O4S/c21-17-8-10-19(11-9-17)28(25,26)23-13-3-5-16(15-23)20(24)22-12-4-14-27-18-6-1-2-7-18/h8-11,16,18H,1-7,12-15H2,(H,22,24)/t16-/m0/s1. The average molecular weight is 429 g/mol. The molecule has 1 amide bonds. The van der Waals surface area contributed by atoms with E-state index in [0.29, 0.717) is 43.7 Å². The lowest BCUT2D eigenvalue weighted by molar-refractivity contribution is -0.126. The topological polar surface area (TPSA) is 75.7 Å². The molecule has 0 unspecified atom stereocenters. The molecule has 0 aromatic heterocycles. The van der Waals surface area contributed by atoms with Gasteiger partial charge in [0.1, 0.15) is 0 Å². The van der Waals surface area contributed by atoms with Crippen molar-refractivity contribution in [2.45, 2.75) is 55.9 Å². The zero-order valence-electron chi connectivity index (χ0n) is 16.1. The van der Waals surface area contributed by atoms with Crippen molar-refractivity contribution >= 4 is 27.5 Å². The highest BCUT2D eigenvalue weighted by Gasteiger charge is 2.33. The largest absolute Gasteiger partial charge is 0.378 e. The second-order valence-corrected chi connectivity index (χ2v) is 9.95. The summed E-state index contributed by atoms with van der Waals surface area (Å²) in [7, 11) is -3.61. The molecule has 1 N–H and O–H groups in total. The molecule has 1 heterocycles. The molecule has 1 aliphatic carbocycles. The molecule has 0 radical (unpaired) electrons. The van der Waals surface area contributed by atoms with Crippen molar-refractivity contribution in [3.63, 3.8) is 0 Å². The molecule has 1 atom stereocenters. The number of hydrogen-bond acceptors (Lipinski definition) is 4. The molecule has 2 aliphatic rings. The number of rotatable bonds is 8. The molecule has 6 nitrogen and oxygen atoms in total. The Hall–Kier alpha value is -1.15. The summed E-state index contributed by atoms with van der Waals surface area (Å²) in [6, 6.07) is 6.14. The van der Waals surface area contributed by atoms with Gasteiger partial charge in [0.25, 0.3) is 0 Å². The van der Waals surface area contributed by atoms with E-state index in [0.717, 1.165) is 19.3 Å². The highest BCUT2D eigenvalue weighted by Crippen LogP contribution is 2.25. The van der Waals surface area contributed by atoms with E-state index < -0.39 is 10.0 Å². The van der Waals surface area contributed by atoms with Crippen molar-refractivity contribution in [1.82, 2.24) is 9.62 Å². The molecule has 0 spiro atoms. The van der Waals surface area contributed by atoms with Crippen molar-refractivity contribution in [2.75, 3.05) is 26.2 Å². The van der Waals surface area contributed by atoms with Crippen LogP contribution in [0.3, 0.4) is 0 Å². The van der Waals surface area contributed by atoms with Gasteiger partial charge in [-0.15, -0.1) is 0 Å². The van der Waals surface area contributed by atoms with E-state index >= 15 is 0 Å². The molecule has 0 bridgehead atoms. The first-order valence-electron chi connectivity index (χ1n) is 10.1. The number of carbonyl (C=O) groups excluding carboxylic acids is 1. The molecular formula is C20H29ClN2O4S. The van der Waals surface area contributed by atoms with Gasteiger partial charge >= 0.3 is 0 Å². The Morgan fingerprint density at radius 3 is 2.57 bits per heavy atom. The number of hydrogen-bond donors (Lipinski definition) is 1. The predicted octanol–water partition coefficient (Wildman–Crippen LogP) is 3.21. The molecular weight excluding hydrogens is 400 g/mol. The van der Waals surface area contributed by atoms with Gasteiger partial charge in [-0.3, -0.25) is 4.79 Å². The Bertz CT molecular complexity index is 748. The number of nitrogens with zero attached hydrogens (tertiary/aromatic N) is 1. The number of ether oxygens (including phenoxy) is 1. The second-order valence-electron chi connectivity index (χ2n) is 7.58. The van der Waals surface area contributed by atoms with Gasteiger partial charge in [0.2, 0.25) is 15.9 Å². The lowest BCUT2D eigenvalue weighted by atomic mass is 9.99. The van der Waals surface area contributed by atoms with Crippen molar-refractivity contribution in [3.8, 4) is 0 Å². The summed E-state index contributed by atoms with van der Waals surface area (Å²) in [5.74, 6) is -0.386. The Morgan fingerprint density at radius 2 is 1.86 bits per heavy atom. The molecule has 8 heteroatoms. The minimum absolute atomic E-state index is 0.0723. The van der Waals surface area contributed by atoms with Crippen molar-refractivity contribution in [2.24, 2.45) is 5.92 Å². The summed E-state index contributed by atoms with van der Waals surface area (Å²) >= 11 is 5.85. The van der Waals surface area contributed by atoms with Crippen molar-refractivity contribution in [1.29, 1.82) is 0 Å². The smallest absolute Gasteiger partial charge is 0.243 e. The van der Waals surface area contributed by atoms with Crippen molar-refractivity contribution in [3.05, 3.63) is 29.3 Å². The highest BCUT2D eigenvalue weighted by molar-refractivity contribution is 7.89. The van der Waals surface area contributed by atoms with Gasteiger partial charge in [0, 0.05) is 31.3 Å². The van der Waals surface area contributed by atoms with Gasteiger partial charge in [0.15, 0.2) is 0 Å². The fourth-order valence-electron chi connectivity index (χ4n) is 3.86. The monoisotopic (exact) mass is 428 g/mol. The van der Waals surface area contributed by atoms with E-state index in [-0.39, 0.29) is 23.3 Å². The zero-order chi connectivity index (χ0) is 20.0.